The normalized spacial score (nSPS) is 10.1. The molecule has 18 heavy (non-hydrogen) atoms. The van der Waals surface area contributed by atoms with Gasteiger partial charge in [0.2, 0.25) is 0 Å². The van der Waals surface area contributed by atoms with Crippen LogP contribution in [0.1, 0.15) is 5.69 Å². The van der Waals surface area contributed by atoms with E-state index >= 15 is 0 Å². The first-order valence-electron chi connectivity index (χ1n) is 5.43. The van der Waals surface area contributed by atoms with Crippen molar-refractivity contribution < 1.29 is 0 Å². The van der Waals surface area contributed by atoms with Crippen molar-refractivity contribution in [2.45, 2.75) is 6.54 Å². The van der Waals surface area contributed by atoms with E-state index in [1.807, 2.05) is 42.1 Å². The third-order valence-corrected chi connectivity index (χ3v) is 3.37. The Kier molecular flexibility index (Phi) is 4.33. The fourth-order valence-corrected chi connectivity index (χ4v) is 2.17. The Morgan fingerprint density at radius 1 is 1.39 bits per heavy atom. The number of aromatic nitrogens is 2. The van der Waals surface area contributed by atoms with Crippen LogP contribution in [-0.4, -0.2) is 14.9 Å². The molecule has 0 aliphatic heterocycles. The molecular formula is C12H13BrN4S. The monoisotopic (exact) mass is 324 g/mol. The molecule has 1 aromatic carbocycles. The largest absolute Gasteiger partial charge is 0.357 e. The average molecular weight is 325 g/mol. The van der Waals surface area contributed by atoms with E-state index in [9.17, 15) is 0 Å². The Morgan fingerprint density at radius 3 is 2.72 bits per heavy atom. The summed E-state index contributed by atoms with van der Waals surface area (Å²) in [6, 6.07) is 9.82. The standard InChI is InChI=1S/C12H13BrN4S/c1-17-11(10(13)7-15-17)8-14-12(18)16-9-5-3-2-4-6-9/h2-7H,8H2,1H3,(H2,14,16,18). The van der Waals surface area contributed by atoms with Crippen LogP contribution in [0.2, 0.25) is 0 Å². The first kappa shape index (κ1) is 13.0. The lowest BCUT2D eigenvalue weighted by molar-refractivity contribution is 0.693. The zero-order chi connectivity index (χ0) is 13.0. The Hall–Kier alpha value is -1.40. The van der Waals surface area contributed by atoms with Gasteiger partial charge < -0.3 is 10.6 Å². The van der Waals surface area contributed by atoms with Crippen LogP contribution in [0.3, 0.4) is 0 Å². The number of halogens is 1. The first-order chi connectivity index (χ1) is 8.66. The van der Waals surface area contributed by atoms with Gasteiger partial charge in [-0.1, -0.05) is 18.2 Å². The third kappa shape index (κ3) is 3.30. The Morgan fingerprint density at radius 2 is 2.11 bits per heavy atom. The molecule has 6 heteroatoms. The number of para-hydroxylation sites is 1. The third-order valence-electron chi connectivity index (χ3n) is 2.46. The highest BCUT2D eigenvalue weighted by Gasteiger charge is 2.06. The van der Waals surface area contributed by atoms with Gasteiger partial charge in [0.15, 0.2) is 5.11 Å². The van der Waals surface area contributed by atoms with Crippen molar-refractivity contribution >= 4 is 38.9 Å². The van der Waals surface area contributed by atoms with E-state index in [0.29, 0.717) is 11.7 Å². The van der Waals surface area contributed by atoms with Crippen molar-refractivity contribution in [1.82, 2.24) is 15.1 Å². The summed E-state index contributed by atoms with van der Waals surface area (Å²) in [7, 11) is 1.90. The van der Waals surface area contributed by atoms with Crippen molar-refractivity contribution in [2.75, 3.05) is 5.32 Å². The summed E-state index contributed by atoms with van der Waals surface area (Å²) in [6.07, 6.45) is 1.77. The fourth-order valence-electron chi connectivity index (χ4n) is 1.50. The van der Waals surface area contributed by atoms with Crippen LogP contribution >= 0.6 is 28.1 Å². The summed E-state index contributed by atoms with van der Waals surface area (Å²) < 4.78 is 2.78. The van der Waals surface area contributed by atoms with Crippen LogP contribution in [0, 0.1) is 0 Å². The molecule has 0 amide bonds. The maximum atomic E-state index is 5.23. The second kappa shape index (κ2) is 5.97. The molecule has 2 rings (SSSR count). The highest BCUT2D eigenvalue weighted by atomic mass is 79.9. The molecule has 94 valence electrons. The number of hydrogen-bond donors (Lipinski definition) is 2. The number of nitrogens with zero attached hydrogens (tertiary/aromatic N) is 2. The molecule has 0 radical (unpaired) electrons. The smallest absolute Gasteiger partial charge is 0.171 e. The van der Waals surface area contributed by atoms with E-state index in [1.54, 1.807) is 6.20 Å². The van der Waals surface area contributed by atoms with E-state index in [4.69, 9.17) is 12.2 Å². The highest BCUT2D eigenvalue weighted by Crippen LogP contribution is 2.14. The minimum atomic E-state index is 0.592. The lowest BCUT2D eigenvalue weighted by Gasteiger charge is -2.10. The number of nitrogens with one attached hydrogen (secondary N) is 2. The Bertz CT molecular complexity index is 519. The summed E-state index contributed by atoms with van der Waals surface area (Å²) >= 11 is 8.68. The van der Waals surface area contributed by atoms with Gasteiger partial charge in [-0.15, -0.1) is 0 Å². The number of anilines is 1. The van der Waals surface area contributed by atoms with Gasteiger partial charge in [-0.05, 0) is 40.3 Å². The molecule has 0 saturated carbocycles. The summed E-state index contributed by atoms with van der Waals surface area (Å²) in [6.45, 7) is 0.621. The van der Waals surface area contributed by atoms with Crippen LogP contribution < -0.4 is 10.6 Å². The van der Waals surface area contributed by atoms with E-state index in [2.05, 4.69) is 31.7 Å². The second-order valence-electron chi connectivity index (χ2n) is 3.74. The fraction of sp³-hybridized carbons (Fsp3) is 0.167. The summed E-state index contributed by atoms with van der Waals surface area (Å²) in [5, 5.41) is 11.0. The van der Waals surface area contributed by atoms with Crippen LogP contribution in [0.25, 0.3) is 0 Å². The van der Waals surface area contributed by atoms with Crippen molar-refractivity contribution in [3.63, 3.8) is 0 Å². The SMILES string of the molecule is Cn1ncc(Br)c1CNC(=S)Nc1ccccc1. The predicted molar refractivity (Wildman–Crippen MR) is 80.4 cm³/mol. The molecule has 1 aromatic heterocycles. The maximum Gasteiger partial charge on any atom is 0.171 e. The molecule has 0 fully saturated rings. The molecule has 0 aliphatic carbocycles. The van der Waals surface area contributed by atoms with E-state index < -0.39 is 0 Å². The lowest BCUT2D eigenvalue weighted by Crippen LogP contribution is -2.28. The van der Waals surface area contributed by atoms with Gasteiger partial charge in [-0.2, -0.15) is 5.10 Å². The number of aryl methyl sites for hydroxylation is 1. The van der Waals surface area contributed by atoms with Crippen LogP contribution in [0.15, 0.2) is 41.0 Å². The minimum Gasteiger partial charge on any atom is -0.357 e. The Labute approximate surface area is 120 Å². The molecule has 2 N–H and O–H groups in total. The van der Waals surface area contributed by atoms with Crippen LogP contribution in [0.5, 0.6) is 0 Å². The van der Waals surface area contributed by atoms with Gasteiger partial charge >= 0.3 is 0 Å². The minimum absolute atomic E-state index is 0.592. The van der Waals surface area contributed by atoms with Gasteiger partial charge in [0.25, 0.3) is 0 Å². The van der Waals surface area contributed by atoms with E-state index in [0.717, 1.165) is 15.9 Å². The van der Waals surface area contributed by atoms with Crippen molar-refractivity contribution in [2.24, 2.45) is 7.05 Å². The molecule has 0 saturated heterocycles. The molecular weight excluding hydrogens is 312 g/mol. The van der Waals surface area contributed by atoms with Gasteiger partial charge in [-0.3, -0.25) is 4.68 Å². The number of thiocarbonyl (C=S) groups is 1. The van der Waals surface area contributed by atoms with Gasteiger partial charge in [0.05, 0.1) is 22.9 Å². The molecule has 0 aliphatic rings. The van der Waals surface area contributed by atoms with Gasteiger partial charge in [0.1, 0.15) is 0 Å². The van der Waals surface area contributed by atoms with Crippen LogP contribution in [-0.2, 0) is 13.6 Å². The maximum absolute atomic E-state index is 5.23. The van der Waals surface area contributed by atoms with Crippen molar-refractivity contribution in [3.05, 3.63) is 46.7 Å². The van der Waals surface area contributed by atoms with Gasteiger partial charge in [-0.25, -0.2) is 0 Å². The molecule has 4 nitrogen and oxygen atoms in total. The van der Waals surface area contributed by atoms with Crippen molar-refractivity contribution in [1.29, 1.82) is 0 Å². The van der Waals surface area contributed by atoms with Crippen LogP contribution in [0.4, 0.5) is 5.69 Å². The predicted octanol–water partition coefficient (Wildman–Crippen LogP) is 2.67. The molecule has 0 unspecified atom stereocenters. The zero-order valence-corrected chi connectivity index (χ0v) is 12.3. The topological polar surface area (TPSA) is 41.9 Å². The summed E-state index contributed by atoms with van der Waals surface area (Å²) in [5.41, 5.74) is 2.02. The highest BCUT2D eigenvalue weighted by molar-refractivity contribution is 9.10. The molecule has 0 atom stereocenters. The quantitative estimate of drug-likeness (QED) is 0.852. The second-order valence-corrected chi connectivity index (χ2v) is 5.00. The summed E-state index contributed by atoms with van der Waals surface area (Å²) in [4.78, 5) is 0. The number of rotatable bonds is 3. The number of hydrogen-bond acceptors (Lipinski definition) is 2. The lowest BCUT2D eigenvalue weighted by atomic mass is 10.3. The summed E-state index contributed by atoms with van der Waals surface area (Å²) in [5.74, 6) is 0. The van der Waals surface area contributed by atoms with E-state index in [1.165, 1.54) is 0 Å². The average Bonchev–Trinajstić information content (AvgIpc) is 2.68. The Balaban J connectivity index is 1.89. The first-order valence-corrected chi connectivity index (χ1v) is 6.63. The number of benzene rings is 1. The molecule has 0 spiro atoms. The van der Waals surface area contributed by atoms with Crippen molar-refractivity contribution in [3.8, 4) is 0 Å². The van der Waals surface area contributed by atoms with E-state index in [-0.39, 0.29) is 0 Å². The molecule has 1 heterocycles. The molecule has 2 aromatic rings. The van der Waals surface area contributed by atoms with Gasteiger partial charge in [0, 0.05) is 12.7 Å². The zero-order valence-electron chi connectivity index (χ0n) is 9.85. The molecule has 0 bridgehead atoms.